The van der Waals surface area contributed by atoms with Crippen LogP contribution in [-0.4, -0.2) is 91.4 Å². The number of hydrogen-bond donors (Lipinski definition) is 1. The first-order valence-corrected chi connectivity index (χ1v) is 8.19. The molecule has 0 aromatic heterocycles. The Bertz CT molecular complexity index is 412. The Kier molecular flexibility index (Phi) is 5.89. The minimum absolute atomic E-state index is 0.00704. The third-order valence-corrected chi connectivity index (χ3v) is 4.42. The number of amides is 1. The van der Waals surface area contributed by atoms with Crippen LogP contribution in [0.2, 0.25) is 0 Å². The Labute approximate surface area is 138 Å². The van der Waals surface area contributed by atoms with Crippen LogP contribution in [-0.2, 0) is 14.2 Å². The summed E-state index contributed by atoms with van der Waals surface area (Å²) in [5.74, 6) is 0. The predicted molar refractivity (Wildman–Crippen MR) is 85.4 cm³/mol. The molecule has 2 fully saturated rings. The van der Waals surface area contributed by atoms with Gasteiger partial charge in [-0.2, -0.15) is 0 Å². The van der Waals surface area contributed by atoms with Crippen LogP contribution in [0, 0.1) is 0 Å². The summed E-state index contributed by atoms with van der Waals surface area (Å²) in [5, 5.41) is 9.96. The van der Waals surface area contributed by atoms with Crippen LogP contribution in [0.5, 0.6) is 0 Å². The zero-order chi connectivity index (χ0) is 17.2. The number of aliphatic hydroxyl groups excluding tert-OH is 1. The minimum Gasteiger partial charge on any atom is -0.444 e. The highest BCUT2D eigenvalue weighted by molar-refractivity contribution is 5.69. The number of carbonyl (C=O) groups is 1. The minimum atomic E-state index is -0.520. The lowest BCUT2D eigenvalue weighted by Crippen LogP contribution is -2.49. The summed E-state index contributed by atoms with van der Waals surface area (Å²) in [7, 11) is 3.62. The number of rotatable bonds is 4. The highest BCUT2D eigenvalue weighted by atomic mass is 16.6. The van der Waals surface area contributed by atoms with E-state index >= 15 is 0 Å². The molecule has 0 spiro atoms. The summed E-state index contributed by atoms with van der Waals surface area (Å²) >= 11 is 0. The fourth-order valence-electron chi connectivity index (χ4n) is 3.18. The highest BCUT2D eigenvalue weighted by Gasteiger charge is 2.40. The van der Waals surface area contributed by atoms with Gasteiger partial charge < -0.3 is 24.2 Å². The molecule has 1 amide bonds. The number of carbonyl (C=O) groups excluding carboxylic acids is 1. The maximum Gasteiger partial charge on any atom is 0.410 e. The summed E-state index contributed by atoms with van der Waals surface area (Å²) in [6, 6.07) is -0.0234. The van der Waals surface area contributed by atoms with Gasteiger partial charge in [0.15, 0.2) is 0 Å². The second-order valence-corrected chi connectivity index (χ2v) is 7.49. The van der Waals surface area contributed by atoms with E-state index in [0.29, 0.717) is 26.3 Å². The van der Waals surface area contributed by atoms with Gasteiger partial charge in [0.2, 0.25) is 0 Å². The Morgan fingerprint density at radius 2 is 2.09 bits per heavy atom. The van der Waals surface area contributed by atoms with Crippen molar-refractivity contribution in [1.82, 2.24) is 9.80 Å². The molecule has 0 saturated carbocycles. The summed E-state index contributed by atoms with van der Waals surface area (Å²) in [6.45, 7) is 7.67. The molecular weight excluding hydrogens is 300 g/mol. The summed E-state index contributed by atoms with van der Waals surface area (Å²) < 4.78 is 16.3. The number of aliphatic hydroxyl groups is 1. The molecule has 7 nitrogen and oxygen atoms in total. The molecule has 0 bridgehead atoms. The molecule has 134 valence electrons. The van der Waals surface area contributed by atoms with Crippen molar-refractivity contribution < 1.29 is 24.1 Å². The van der Waals surface area contributed by atoms with E-state index in [1.165, 1.54) is 0 Å². The van der Waals surface area contributed by atoms with Gasteiger partial charge in [0.25, 0.3) is 0 Å². The van der Waals surface area contributed by atoms with Crippen LogP contribution < -0.4 is 0 Å². The predicted octanol–water partition coefficient (Wildman–Crippen LogP) is 0.702. The number of nitrogens with zero attached hydrogens (tertiary/aromatic N) is 2. The zero-order valence-electron chi connectivity index (χ0n) is 14.8. The topological polar surface area (TPSA) is 71.5 Å². The van der Waals surface area contributed by atoms with Crippen LogP contribution in [0.4, 0.5) is 4.79 Å². The van der Waals surface area contributed by atoms with Crippen molar-refractivity contribution in [2.75, 3.05) is 40.5 Å². The van der Waals surface area contributed by atoms with E-state index in [1.807, 2.05) is 27.8 Å². The van der Waals surface area contributed by atoms with E-state index in [-0.39, 0.29) is 24.3 Å². The largest absolute Gasteiger partial charge is 0.444 e. The molecule has 0 aliphatic carbocycles. The maximum atomic E-state index is 12.5. The van der Waals surface area contributed by atoms with Crippen molar-refractivity contribution in [3.8, 4) is 0 Å². The lowest BCUT2D eigenvalue weighted by atomic mass is 10.1. The molecule has 0 aromatic rings. The Hall–Kier alpha value is -0.890. The quantitative estimate of drug-likeness (QED) is 0.818. The van der Waals surface area contributed by atoms with E-state index in [9.17, 15) is 9.90 Å². The lowest BCUT2D eigenvalue weighted by molar-refractivity contribution is 0.0150. The fourth-order valence-corrected chi connectivity index (χ4v) is 3.18. The second kappa shape index (κ2) is 7.34. The fraction of sp³-hybridized carbons (Fsp3) is 0.938. The van der Waals surface area contributed by atoms with Gasteiger partial charge in [-0.1, -0.05) is 0 Å². The van der Waals surface area contributed by atoms with Crippen molar-refractivity contribution in [2.24, 2.45) is 0 Å². The number of likely N-dealkylation sites (tertiary alicyclic amines) is 1. The molecule has 23 heavy (non-hydrogen) atoms. The second-order valence-electron chi connectivity index (χ2n) is 7.49. The summed E-state index contributed by atoms with van der Waals surface area (Å²) in [6.07, 6.45) is 0.00275. The molecule has 2 rings (SSSR count). The van der Waals surface area contributed by atoms with Crippen LogP contribution in [0.3, 0.4) is 0 Å². The van der Waals surface area contributed by atoms with Crippen molar-refractivity contribution in [2.45, 2.75) is 57.1 Å². The average molecular weight is 330 g/mol. The monoisotopic (exact) mass is 330 g/mol. The molecule has 7 heteroatoms. The summed E-state index contributed by atoms with van der Waals surface area (Å²) in [5.41, 5.74) is -0.520. The lowest BCUT2D eigenvalue weighted by Gasteiger charge is -2.33. The number of methoxy groups -OCH3 is 1. The Morgan fingerprint density at radius 3 is 2.61 bits per heavy atom. The maximum absolute atomic E-state index is 12.5. The molecule has 0 radical (unpaired) electrons. The van der Waals surface area contributed by atoms with E-state index in [1.54, 1.807) is 12.0 Å². The van der Waals surface area contributed by atoms with Crippen molar-refractivity contribution in [3.05, 3.63) is 0 Å². The van der Waals surface area contributed by atoms with E-state index in [4.69, 9.17) is 14.2 Å². The first-order chi connectivity index (χ1) is 10.7. The van der Waals surface area contributed by atoms with E-state index in [0.717, 1.165) is 6.42 Å². The molecule has 0 unspecified atom stereocenters. The third kappa shape index (κ3) is 4.79. The number of hydrogen-bond acceptors (Lipinski definition) is 6. The number of likely N-dealkylation sites (N-methyl/N-ethyl adjacent to an activating group) is 1. The molecule has 0 aromatic carbocycles. The van der Waals surface area contributed by atoms with Gasteiger partial charge in [-0.3, -0.25) is 4.90 Å². The Morgan fingerprint density at radius 1 is 1.39 bits per heavy atom. The standard InChI is InChI=1S/C16H30N2O5/c1-16(2,3)23-15(20)18-8-12(21-5)6-11(18)7-17(4)13-9-22-10-14(13)19/h11-14,19H,6-10H2,1-5H3/t11-,12-,13+,14+/m0/s1. The Balaban J connectivity index is 2.00. The number of ether oxygens (including phenoxy) is 3. The molecule has 2 saturated heterocycles. The van der Waals surface area contributed by atoms with Gasteiger partial charge in [-0.15, -0.1) is 0 Å². The van der Waals surface area contributed by atoms with Gasteiger partial charge in [0.05, 0.1) is 44.1 Å². The van der Waals surface area contributed by atoms with Crippen LogP contribution >= 0.6 is 0 Å². The first kappa shape index (κ1) is 18.4. The molecule has 4 atom stereocenters. The SMILES string of the molecule is CO[C@H]1C[C@@H](CN(C)[C@@H]2COC[C@H]2O)N(C(=O)OC(C)(C)C)C1. The van der Waals surface area contributed by atoms with Gasteiger partial charge in [0.1, 0.15) is 5.60 Å². The normalized spacial score (nSPS) is 31.9. The molecule has 2 aliphatic rings. The van der Waals surface area contributed by atoms with E-state index < -0.39 is 11.7 Å². The van der Waals surface area contributed by atoms with Crippen molar-refractivity contribution in [1.29, 1.82) is 0 Å². The van der Waals surface area contributed by atoms with Gasteiger partial charge in [0, 0.05) is 13.7 Å². The van der Waals surface area contributed by atoms with Crippen LogP contribution in [0.1, 0.15) is 27.2 Å². The van der Waals surface area contributed by atoms with Gasteiger partial charge in [-0.25, -0.2) is 4.79 Å². The molecule has 2 heterocycles. The van der Waals surface area contributed by atoms with Gasteiger partial charge >= 0.3 is 6.09 Å². The average Bonchev–Trinajstić information content (AvgIpc) is 3.02. The molecule has 1 N–H and O–H groups in total. The van der Waals surface area contributed by atoms with Crippen molar-refractivity contribution in [3.63, 3.8) is 0 Å². The summed E-state index contributed by atoms with van der Waals surface area (Å²) in [4.78, 5) is 16.3. The molecule has 2 aliphatic heterocycles. The zero-order valence-corrected chi connectivity index (χ0v) is 14.8. The van der Waals surface area contributed by atoms with Crippen molar-refractivity contribution >= 4 is 6.09 Å². The molecular formula is C16H30N2O5. The van der Waals surface area contributed by atoms with Crippen LogP contribution in [0.15, 0.2) is 0 Å². The first-order valence-electron chi connectivity index (χ1n) is 8.19. The highest BCUT2D eigenvalue weighted by Crippen LogP contribution is 2.24. The van der Waals surface area contributed by atoms with E-state index in [2.05, 4.69) is 4.90 Å². The third-order valence-electron chi connectivity index (χ3n) is 4.42. The van der Waals surface area contributed by atoms with Crippen LogP contribution in [0.25, 0.3) is 0 Å². The smallest absolute Gasteiger partial charge is 0.410 e. The van der Waals surface area contributed by atoms with Gasteiger partial charge in [-0.05, 0) is 34.2 Å².